The van der Waals surface area contributed by atoms with Crippen molar-refractivity contribution in [3.63, 3.8) is 0 Å². The van der Waals surface area contributed by atoms with Crippen LogP contribution in [-0.4, -0.2) is 55.5 Å². The molecule has 9 heteroatoms. The fourth-order valence-corrected chi connectivity index (χ4v) is 5.33. The van der Waals surface area contributed by atoms with E-state index in [2.05, 4.69) is 22.0 Å². The molecular formula is C19H18BrN3O3S2. The molecule has 1 aliphatic rings. The van der Waals surface area contributed by atoms with Gasteiger partial charge in [0, 0.05) is 35.5 Å². The lowest BCUT2D eigenvalue weighted by Gasteiger charge is -2.34. The molecule has 0 N–H and O–H groups in total. The molecule has 0 bridgehead atoms. The van der Waals surface area contributed by atoms with E-state index in [1.54, 1.807) is 41.3 Å². The zero-order valence-corrected chi connectivity index (χ0v) is 18.1. The Labute approximate surface area is 177 Å². The van der Waals surface area contributed by atoms with Crippen LogP contribution in [0.25, 0.3) is 0 Å². The number of nitriles is 1. The number of hydrogen-bond donors (Lipinski definition) is 0. The molecule has 146 valence electrons. The highest BCUT2D eigenvalue weighted by molar-refractivity contribution is 9.10. The third kappa shape index (κ3) is 4.58. The zero-order valence-electron chi connectivity index (χ0n) is 14.9. The molecule has 0 spiro atoms. The van der Waals surface area contributed by atoms with Crippen LogP contribution >= 0.6 is 27.7 Å². The van der Waals surface area contributed by atoms with E-state index >= 15 is 0 Å². The molecule has 1 aliphatic heterocycles. The molecule has 2 aromatic carbocycles. The first-order chi connectivity index (χ1) is 13.4. The number of nitrogens with zero attached hydrogens (tertiary/aromatic N) is 3. The number of piperazine rings is 1. The lowest BCUT2D eigenvalue weighted by atomic mass is 10.2. The van der Waals surface area contributed by atoms with E-state index < -0.39 is 10.0 Å². The summed E-state index contributed by atoms with van der Waals surface area (Å²) in [5, 5.41) is 8.79. The van der Waals surface area contributed by atoms with Gasteiger partial charge in [-0.3, -0.25) is 4.79 Å². The zero-order chi connectivity index (χ0) is 20.1. The van der Waals surface area contributed by atoms with Gasteiger partial charge in [0.2, 0.25) is 10.0 Å². The maximum absolute atomic E-state index is 12.9. The first kappa shape index (κ1) is 20.9. The Balaban J connectivity index is 1.69. The molecule has 28 heavy (non-hydrogen) atoms. The third-order valence-electron chi connectivity index (χ3n) is 4.39. The van der Waals surface area contributed by atoms with E-state index in [-0.39, 0.29) is 29.6 Å². The summed E-state index contributed by atoms with van der Waals surface area (Å²) in [4.78, 5) is 15.6. The summed E-state index contributed by atoms with van der Waals surface area (Å²) in [7, 11) is -3.58. The number of benzene rings is 2. The molecule has 3 rings (SSSR count). The number of hydrogen-bond acceptors (Lipinski definition) is 5. The van der Waals surface area contributed by atoms with E-state index in [0.29, 0.717) is 18.7 Å². The predicted octanol–water partition coefficient (Wildman–Crippen LogP) is 3.21. The summed E-state index contributed by atoms with van der Waals surface area (Å²) in [6.07, 6.45) is 0. The van der Waals surface area contributed by atoms with Crippen molar-refractivity contribution in [2.75, 3.05) is 31.9 Å². The average molecular weight is 480 g/mol. The predicted molar refractivity (Wildman–Crippen MR) is 112 cm³/mol. The lowest BCUT2D eigenvalue weighted by Crippen LogP contribution is -2.50. The van der Waals surface area contributed by atoms with E-state index in [0.717, 1.165) is 9.37 Å². The number of carbonyl (C=O) groups excluding carboxylic acids is 1. The second kappa shape index (κ2) is 9.09. The highest BCUT2D eigenvalue weighted by Crippen LogP contribution is 2.25. The van der Waals surface area contributed by atoms with Crippen LogP contribution in [0.2, 0.25) is 0 Å². The average Bonchev–Trinajstić information content (AvgIpc) is 2.72. The molecule has 0 radical (unpaired) electrons. The van der Waals surface area contributed by atoms with Gasteiger partial charge in [0.05, 0.1) is 22.3 Å². The fourth-order valence-electron chi connectivity index (χ4n) is 2.94. The van der Waals surface area contributed by atoms with Crippen molar-refractivity contribution < 1.29 is 13.2 Å². The van der Waals surface area contributed by atoms with Crippen molar-refractivity contribution in [3.05, 3.63) is 58.6 Å². The molecule has 0 aliphatic carbocycles. The highest BCUT2D eigenvalue weighted by Gasteiger charge is 2.30. The standard InChI is InChI=1S/C19H18BrN3O3S2/c20-15-5-7-16(8-6-15)28(25,26)23-12-10-22(11-13-23)19(24)17-3-1-2-4-18(17)27-14-9-21/h1-8H,10-14H2. The number of sulfonamides is 1. The molecule has 1 saturated heterocycles. The quantitative estimate of drug-likeness (QED) is 0.614. The SMILES string of the molecule is N#CCSc1ccccc1C(=O)N1CCN(S(=O)(=O)c2ccc(Br)cc2)CC1. The van der Waals surface area contributed by atoms with E-state index in [9.17, 15) is 13.2 Å². The minimum Gasteiger partial charge on any atom is -0.336 e. The van der Waals surface area contributed by atoms with Crippen LogP contribution in [0.5, 0.6) is 0 Å². The van der Waals surface area contributed by atoms with Gasteiger partial charge >= 0.3 is 0 Å². The number of carbonyl (C=O) groups is 1. The number of rotatable bonds is 5. The van der Waals surface area contributed by atoms with Gasteiger partial charge in [0.1, 0.15) is 0 Å². The van der Waals surface area contributed by atoms with Crippen LogP contribution in [0.4, 0.5) is 0 Å². The van der Waals surface area contributed by atoms with Crippen LogP contribution in [0.15, 0.2) is 62.8 Å². The maximum Gasteiger partial charge on any atom is 0.255 e. The Kier molecular flexibility index (Phi) is 6.78. The Morgan fingerprint density at radius 1 is 1.07 bits per heavy atom. The van der Waals surface area contributed by atoms with Crippen molar-refractivity contribution in [1.82, 2.24) is 9.21 Å². The largest absolute Gasteiger partial charge is 0.336 e. The summed E-state index contributed by atoms with van der Waals surface area (Å²) in [6, 6.07) is 15.8. The summed E-state index contributed by atoms with van der Waals surface area (Å²) in [5.41, 5.74) is 0.548. The van der Waals surface area contributed by atoms with Crippen LogP contribution in [0.1, 0.15) is 10.4 Å². The number of thioether (sulfide) groups is 1. The van der Waals surface area contributed by atoms with Crippen molar-refractivity contribution >= 4 is 43.6 Å². The van der Waals surface area contributed by atoms with Gasteiger partial charge in [0.25, 0.3) is 5.91 Å². The van der Waals surface area contributed by atoms with Crippen LogP contribution < -0.4 is 0 Å². The molecule has 0 atom stereocenters. The molecule has 2 aromatic rings. The van der Waals surface area contributed by atoms with Gasteiger partial charge in [0.15, 0.2) is 0 Å². The molecule has 6 nitrogen and oxygen atoms in total. The topological polar surface area (TPSA) is 81.5 Å². The summed E-state index contributed by atoms with van der Waals surface area (Å²) in [6.45, 7) is 1.15. The minimum absolute atomic E-state index is 0.137. The molecule has 1 heterocycles. The molecule has 1 fully saturated rings. The van der Waals surface area contributed by atoms with E-state index in [1.807, 2.05) is 12.1 Å². The lowest BCUT2D eigenvalue weighted by molar-refractivity contribution is 0.0694. The molecule has 1 amide bonds. The third-order valence-corrected chi connectivity index (χ3v) is 7.77. The second-order valence-corrected chi connectivity index (χ2v) is 9.96. The number of amides is 1. The molecule has 0 aromatic heterocycles. The van der Waals surface area contributed by atoms with Gasteiger partial charge in [-0.1, -0.05) is 28.1 Å². The molecule has 0 unspecified atom stereocenters. The first-order valence-electron chi connectivity index (χ1n) is 8.57. The fraction of sp³-hybridized carbons (Fsp3) is 0.263. The van der Waals surface area contributed by atoms with Crippen LogP contribution in [-0.2, 0) is 10.0 Å². The van der Waals surface area contributed by atoms with Crippen molar-refractivity contribution in [2.24, 2.45) is 0 Å². The van der Waals surface area contributed by atoms with Crippen molar-refractivity contribution in [2.45, 2.75) is 9.79 Å². The Bertz CT molecular complexity index is 996. The summed E-state index contributed by atoms with van der Waals surface area (Å²) < 4.78 is 27.8. The first-order valence-corrected chi connectivity index (χ1v) is 11.8. The Morgan fingerprint density at radius 2 is 1.71 bits per heavy atom. The van der Waals surface area contributed by atoms with Gasteiger partial charge < -0.3 is 4.90 Å². The van der Waals surface area contributed by atoms with Crippen molar-refractivity contribution in [3.8, 4) is 6.07 Å². The van der Waals surface area contributed by atoms with Gasteiger partial charge in [-0.05, 0) is 36.4 Å². The monoisotopic (exact) mass is 479 g/mol. The normalized spacial score (nSPS) is 15.2. The van der Waals surface area contributed by atoms with Gasteiger partial charge in [-0.15, -0.1) is 11.8 Å². The Hall–Kier alpha value is -1.86. The Morgan fingerprint density at radius 3 is 2.36 bits per heavy atom. The summed E-state index contributed by atoms with van der Waals surface area (Å²) in [5.74, 6) is 0.130. The van der Waals surface area contributed by atoms with Crippen LogP contribution in [0, 0.1) is 11.3 Å². The number of halogens is 1. The van der Waals surface area contributed by atoms with Gasteiger partial charge in [-0.25, -0.2) is 8.42 Å². The second-order valence-electron chi connectivity index (χ2n) is 6.09. The van der Waals surface area contributed by atoms with Crippen molar-refractivity contribution in [1.29, 1.82) is 5.26 Å². The smallest absolute Gasteiger partial charge is 0.255 e. The maximum atomic E-state index is 12.9. The van der Waals surface area contributed by atoms with E-state index in [4.69, 9.17) is 5.26 Å². The molecule has 0 saturated carbocycles. The molecular weight excluding hydrogens is 462 g/mol. The van der Waals surface area contributed by atoms with Gasteiger partial charge in [-0.2, -0.15) is 9.57 Å². The van der Waals surface area contributed by atoms with Crippen LogP contribution in [0.3, 0.4) is 0 Å². The minimum atomic E-state index is -3.58. The summed E-state index contributed by atoms with van der Waals surface area (Å²) >= 11 is 4.63. The van der Waals surface area contributed by atoms with E-state index in [1.165, 1.54) is 16.1 Å². The highest BCUT2D eigenvalue weighted by atomic mass is 79.9.